The molecule has 0 unspecified atom stereocenters. The lowest BCUT2D eigenvalue weighted by molar-refractivity contribution is -0.118. The zero-order valence-corrected chi connectivity index (χ0v) is 15.9. The molecule has 0 bridgehead atoms. The number of thioether (sulfide) groups is 1. The van der Waals surface area contributed by atoms with Crippen molar-refractivity contribution in [2.45, 2.75) is 25.0 Å². The molecule has 6 nitrogen and oxygen atoms in total. The van der Waals surface area contributed by atoms with Crippen LogP contribution < -0.4 is 5.73 Å². The van der Waals surface area contributed by atoms with Crippen molar-refractivity contribution in [3.05, 3.63) is 39.4 Å². The average Bonchev–Trinajstić information content (AvgIpc) is 3.30. The van der Waals surface area contributed by atoms with E-state index in [4.69, 9.17) is 5.73 Å². The summed E-state index contributed by atoms with van der Waals surface area (Å²) in [5, 5.41) is 11.0. The minimum atomic E-state index is -0.382. The van der Waals surface area contributed by atoms with Gasteiger partial charge in [-0.3, -0.25) is 9.59 Å². The van der Waals surface area contributed by atoms with Gasteiger partial charge in [-0.25, -0.2) is 0 Å². The van der Waals surface area contributed by atoms with Gasteiger partial charge in [0.1, 0.15) is 0 Å². The van der Waals surface area contributed by atoms with Crippen molar-refractivity contribution in [3.8, 4) is 10.7 Å². The molecule has 0 saturated heterocycles. The Morgan fingerprint density at radius 3 is 2.76 bits per heavy atom. The number of aromatic nitrogens is 3. The largest absolute Gasteiger partial charge is 0.370 e. The van der Waals surface area contributed by atoms with Crippen LogP contribution in [0.1, 0.15) is 21.0 Å². The van der Waals surface area contributed by atoms with Crippen LogP contribution in [0.5, 0.6) is 0 Å². The average molecular weight is 393 g/mol. The number of ketones is 1. The van der Waals surface area contributed by atoms with E-state index in [1.165, 1.54) is 23.1 Å². The van der Waals surface area contributed by atoms with Gasteiger partial charge >= 0.3 is 0 Å². The molecule has 0 fully saturated rings. The number of carbonyl (C=O) groups excluding carboxylic acids is 2. The van der Waals surface area contributed by atoms with Gasteiger partial charge in [0.2, 0.25) is 5.91 Å². The SMILES string of the molecule is Cc1ccc(C(=O)CSc2nnc(-c3cccs3)n2CCC(N)=O)s1. The van der Waals surface area contributed by atoms with Crippen LogP contribution in [0.25, 0.3) is 10.7 Å². The standard InChI is InChI=1S/C16H16N4O2S3/c1-10-4-5-12(25-10)11(21)9-24-16-19-18-15(13-3-2-8-23-13)20(16)7-6-14(17)22/h2-5,8H,6-7,9H2,1H3,(H2,17,22). The third-order valence-corrected chi connectivity index (χ3v) is 6.26. The van der Waals surface area contributed by atoms with Gasteiger partial charge in [-0.2, -0.15) is 0 Å². The summed E-state index contributed by atoms with van der Waals surface area (Å²) in [5.41, 5.74) is 5.28. The molecule has 0 atom stereocenters. The van der Waals surface area contributed by atoms with Crippen LogP contribution in [0.3, 0.4) is 0 Å². The molecule has 3 rings (SSSR count). The fourth-order valence-electron chi connectivity index (χ4n) is 2.19. The third-order valence-electron chi connectivity index (χ3n) is 3.39. The number of hydrogen-bond donors (Lipinski definition) is 1. The van der Waals surface area contributed by atoms with Gasteiger partial charge in [-0.15, -0.1) is 32.9 Å². The maximum atomic E-state index is 12.3. The maximum Gasteiger partial charge on any atom is 0.219 e. The van der Waals surface area contributed by atoms with E-state index >= 15 is 0 Å². The zero-order valence-electron chi connectivity index (χ0n) is 13.5. The smallest absolute Gasteiger partial charge is 0.219 e. The second-order valence-corrected chi connectivity index (χ2v) is 8.45. The Balaban J connectivity index is 1.78. The Hall–Kier alpha value is -1.97. The summed E-state index contributed by atoms with van der Waals surface area (Å²) in [7, 11) is 0. The Morgan fingerprint density at radius 2 is 2.12 bits per heavy atom. The predicted molar refractivity (Wildman–Crippen MR) is 101 cm³/mol. The van der Waals surface area contributed by atoms with Crippen molar-refractivity contribution < 1.29 is 9.59 Å². The van der Waals surface area contributed by atoms with Gasteiger partial charge < -0.3 is 10.3 Å². The summed E-state index contributed by atoms with van der Waals surface area (Å²) < 4.78 is 1.86. The Labute approximate surface area is 157 Å². The van der Waals surface area contributed by atoms with Crippen molar-refractivity contribution in [2.24, 2.45) is 5.73 Å². The molecule has 0 aliphatic rings. The summed E-state index contributed by atoms with van der Waals surface area (Å²) in [4.78, 5) is 26.3. The van der Waals surface area contributed by atoms with Gasteiger partial charge in [0.05, 0.1) is 15.5 Å². The Kier molecular flexibility index (Phi) is 5.67. The van der Waals surface area contributed by atoms with E-state index in [9.17, 15) is 9.59 Å². The summed E-state index contributed by atoms with van der Waals surface area (Å²) >= 11 is 4.36. The van der Waals surface area contributed by atoms with E-state index in [0.717, 1.165) is 14.6 Å². The second-order valence-electron chi connectivity index (χ2n) is 5.27. The number of thiophene rings is 2. The van der Waals surface area contributed by atoms with Crippen molar-refractivity contribution in [1.29, 1.82) is 0 Å². The number of Topliss-reactive ketones (excluding diaryl/α,β-unsaturated/α-hetero) is 1. The normalized spacial score (nSPS) is 10.9. The lowest BCUT2D eigenvalue weighted by Gasteiger charge is -2.07. The molecule has 1 amide bonds. The van der Waals surface area contributed by atoms with Crippen LogP contribution >= 0.6 is 34.4 Å². The molecule has 3 aromatic rings. The quantitative estimate of drug-likeness (QED) is 0.469. The molecule has 0 spiro atoms. The number of nitrogens with zero attached hydrogens (tertiary/aromatic N) is 3. The first-order valence-electron chi connectivity index (χ1n) is 7.52. The minimum absolute atomic E-state index is 0.0604. The number of carbonyl (C=O) groups is 2. The highest BCUT2D eigenvalue weighted by Gasteiger charge is 2.17. The molecule has 0 aromatic carbocycles. The summed E-state index contributed by atoms with van der Waals surface area (Å²) in [6.45, 7) is 2.37. The van der Waals surface area contributed by atoms with Gasteiger partial charge in [0.15, 0.2) is 16.8 Å². The van der Waals surface area contributed by atoms with Gasteiger partial charge in [-0.1, -0.05) is 17.8 Å². The van der Waals surface area contributed by atoms with Gasteiger partial charge in [0, 0.05) is 17.8 Å². The van der Waals surface area contributed by atoms with Crippen LogP contribution in [0.2, 0.25) is 0 Å². The highest BCUT2D eigenvalue weighted by Crippen LogP contribution is 2.28. The molecule has 3 heterocycles. The monoisotopic (exact) mass is 392 g/mol. The topological polar surface area (TPSA) is 90.9 Å². The summed E-state index contributed by atoms with van der Waals surface area (Å²) in [6.07, 6.45) is 0.196. The van der Waals surface area contributed by atoms with Crippen LogP contribution in [0.4, 0.5) is 0 Å². The van der Waals surface area contributed by atoms with Crippen molar-refractivity contribution in [2.75, 3.05) is 5.75 Å². The molecule has 0 aliphatic carbocycles. The fourth-order valence-corrected chi connectivity index (χ4v) is 4.65. The van der Waals surface area contributed by atoms with E-state index in [2.05, 4.69) is 10.2 Å². The number of hydrogen-bond acceptors (Lipinski definition) is 7. The first kappa shape index (κ1) is 17.8. The van der Waals surface area contributed by atoms with Crippen LogP contribution in [0, 0.1) is 6.92 Å². The number of aryl methyl sites for hydroxylation is 1. The Bertz CT molecular complexity index is 883. The fraction of sp³-hybridized carbons (Fsp3) is 0.250. The summed E-state index contributed by atoms with van der Waals surface area (Å²) in [6, 6.07) is 7.66. The number of rotatable bonds is 8. The van der Waals surface area contributed by atoms with Gasteiger partial charge in [-0.05, 0) is 30.5 Å². The second kappa shape index (κ2) is 7.94. The molecular weight excluding hydrogens is 376 g/mol. The molecule has 0 radical (unpaired) electrons. The Morgan fingerprint density at radius 1 is 1.28 bits per heavy atom. The zero-order chi connectivity index (χ0) is 17.8. The molecule has 0 saturated carbocycles. The van der Waals surface area contributed by atoms with E-state index in [-0.39, 0.29) is 23.9 Å². The predicted octanol–water partition coefficient (Wildman–Crippen LogP) is 3.23. The highest BCUT2D eigenvalue weighted by molar-refractivity contribution is 7.99. The highest BCUT2D eigenvalue weighted by atomic mass is 32.2. The third kappa shape index (κ3) is 4.36. The molecule has 130 valence electrons. The van der Waals surface area contributed by atoms with Crippen LogP contribution in [0.15, 0.2) is 34.8 Å². The lowest BCUT2D eigenvalue weighted by Crippen LogP contribution is -2.15. The van der Waals surface area contributed by atoms with E-state index in [0.29, 0.717) is 17.5 Å². The van der Waals surface area contributed by atoms with Crippen LogP contribution in [-0.2, 0) is 11.3 Å². The molecule has 9 heteroatoms. The number of nitrogens with two attached hydrogens (primary N) is 1. The lowest BCUT2D eigenvalue weighted by atomic mass is 10.3. The molecule has 25 heavy (non-hydrogen) atoms. The summed E-state index contributed by atoms with van der Waals surface area (Å²) in [5.74, 6) is 0.648. The number of primary amides is 1. The first-order chi connectivity index (χ1) is 12.0. The van der Waals surface area contributed by atoms with E-state index < -0.39 is 0 Å². The molecular formula is C16H16N4O2S3. The molecule has 3 aromatic heterocycles. The van der Waals surface area contributed by atoms with Crippen molar-refractivity contribution >= 4 is 46.1 Å². The van der Waals surface area contributed by atoms with Gasteiger partial charge in [0.25, 0.3) is 0 Å². The molecule has 0 aliphatic heterocycles. The first-order valence-corrected chi connectivity index (χ1v) is 10.2. The van der Waals surface area contributed by atoms with E-state index in [1.54, 1.807) is 11.3 Å². The molecule has 2 N–H and O–H groups in total. The van der Waals surface area contributed by atoms with Crippen LogP contribution in [-0.4, -0.2) is 32.2 Å². The number of amides is 1. The van der Waals surface area contributed by atoms with Crippen molar-refractivity contribution in [1.82, 2.24) is 14.8 Å². The van der Waals surface area contributed by atoms with Crippen molar-refractivity contribution in [3.63, 3.8) is 0 Å². The minimum Gasteiger partial charge on any atom is -0.370 e. The maximum absolute atomic E-state index is 12.3. The van der Waals surface area contributed by atoms with E-state index in [1.807, 2.05) is 41.1 Å².